The van der Waals surface area contributed by atoms with Gasteiger partial charge in [0.15, 0.2) is 28.6 Å². The van der Waals surface area contributed by atoms with Crippen LogP contribution in [0.4, 0.5) is 0 Å². The topological polar surface area (TPSA) is 207 Å². The molecule has 3 aromatic rings. The highest BCUT2D eigenvalue weighted by Gasteiger charge is 2.45. The molecule has 1 fully saturated rings. The maximum absolute atomic E-state index is 14.0. The molecule has 1 aliphatic heterocycles. The number of phenolic OH excluding ortho intramolecular Hbond substituents is 2. The second-order valence-corrected chi connectivity index (χ2v) is 8.44. The quantitative estimate of drug-likeness (QED) is 0.219. The van der Waals surface area contributed by atoms with Crippen LogP contribution in [-0.2, 0) is 4.74 Å². The minimum Gasteiger partial charge on any atom is -0.504 e. The first-order chi connectivity index (χ1) is 18.6. The van der Waals surface area contributed by atoms with Gasteiger partial charge in [-0.15, -0.1) is 0 Å². The van der Waals surface area contributed by atoms with E-state index in [-0.39, 0.29) is 51.0 Å². The van der Waals surface area contributed by atoms with Crippen molar-refractivity contribution in [2.75, 3.05) is 35.0 Å². The van der Waals surface area contributed by atoms with Gasteiger partial charge in [-0.3, -0.25) is 4.79 Å². The number of hydrogen-bond acceptors (Lipinski definition) is 14. The van der Waals surface area contributed by atoms with Gasteiger partial charge in [-0.25, -0.2) is 0 Å². The van der Waals surface area contributed by atoms with Gasteiger partial charge < -0.3 is 63.5 Å². The van der Waals surface area contributed by atoms with Gasteiger partial charge in [-0.05, 0) is 18.2 Å². The highest BCUT2D eigenvalue weighted by atomic mass is 16.7. The SMILES string of the molecule is COc1cc(-c2oc3c(OC)c(O)c(OC)c(OC)c3c(=O)c2OC2OC(CO)C(O)C(O)C2O)ccc1O. The third-order valence-electron chi connectivity index (χ3n) is 6.28. The first-order valence-electron chi connectivity index (χ1n) is 11.5. The Labute approximate surface area is 220 Å². The van der Waals surface area contributed by atoms with Crippen molar-refractivity contribution in [1.82, 2.24) is 0 Å². The first-order valence-corrected chi connectivity index (χ1v) is 11.5. The van der Waals surface area contributed by atoms with Crippen LogP contribution >= 0.6 is 0 Å². The van der Waals surface area contributed by atoms with Crippen molar-refractivity contribution in [3.63, 3.8) is 0 Å². The average Bonchev–Trinajstić information content (AvgIpc) is 2.94. The number of aromatic hydroxyl groups is 2. The second-order valence-electron chi connectivity index (χ2n) is 8.44. The molecule has 1 aromatic heterocycles. The van der Waals surface area contributed by atoms with Crippen LogP contribution in [0.15, 0.2) is 27.4 Å². The van der Waals surface area contributed by atoms with E-state index >= 15 is 0 Å². The van der Waals surface area contributed by atoms with Gasteiger partial charge >= 0.3 is 0 Å². The Hall–Kier alpha value is -3.95. The fraction of sp³-hybridized carbons (Fsp3) is 0.400. The summed E-state index contributed by atoms with van der Waals surface area (Å²) >= 11 is 0. The van der Waals surface area contributed by atoms with Gasteiger partial charge in [0.2, 0.25) is 34.7 Å². The van der Waals surface area contributed by atoms with Gasteiger partial charge in [-0.2, -0.15) is 0 Å². The highest BCUT2D eigenvalue weighted by Crippen LogP contribution is 2.51. The van der Waals surface area contributed by atoms with E-state index in [1.807, 2.05) is 0 Å². The number of phenols is 2. The second kappa shape index (κ2) is 11.0. The molecule has 0 bridgehead atoms. The monoisotopic (exact) mass is 552 g/mol. The van der Waals surface area contributed by atoms with Crippen LogP contribution in [0.1, 0.15) is 0 Å². The lowest BCUT2D eigenvalue weighted by Gasteiger charge is -2.39. The van der Waals surface area contributed by atoms with E-state index in [1.165, 1.54) is 46.6 Å². The lowest BCUT2D eigenvalue weighted by atomic mass is 9.99. The van der Waals surface area contributed by atoms with Crippen LogP contribution in [-0.4, -0.2) is 96.4 Å². The van der Waals surface area contributed by atoms with Crippen LogP contribution in [0.25, 0.3) is 22.3 Å². The minimum atomic E-state index is -1.86. The Bertz CT molecular complexity index is 1410. The standard InChI is InChI=1S/C25H28O14/c1-33-11-7-9(5-6-10(11)27)19-24(39-25-17(31)16(30)14(28)12(8-26)37-25)15(29)13-20(34-2)22(35-3)18(32)23(36-4)21(13)38-19/h5-7,12,14,16-17,25-28,30-32H,8H2,1-4H3. The number of aliphatic hydroxyl groups is 4. The predicted octanol–water partition coefficient (Wildman–Crippen LogP) is 0.0843. The molecule has 2 heterocycles. The predicted molar refractivity (Wildman–Crippen MR) is 132 cm³/mol. The summed E-state index contributed by atoms with van der Waals surface area (Å²) in [6.07, 6.45) is -8.41. The average molecular weight is 552 g/mol. The van der Waals surface area contributed by atoms with Crippen molar-refractivity contribution in [2.45, 2.75) is 30.7 Å². The summed E-state index contributed by atoms with van der Waals surface area (Å²) in [5.41, 5.74) is -1.02. The van der Waals surface area contributed by atoms with E-state index in [2.05, 4.69) is 0 Å². The zero-order valence-electron chi connectivity index (χ0n) is 21.3. The zero-order valence-corrected chi connectivity index (χ0v) is 21.3. The van der Waals surface area contributed by atoms with Crippen molar-refractivity contribution in [1.29, 1.82) is 0 Å². The Morgan fingerprint density at radius 2 is 1.51 bits per heavy atom. The minimum absolute atomic E-state index is 0.0103. The number of fused-ring (bicyclic) bond motifs is 1. The summed E-state index contributed by atoms with van der Waals surface area (Å²) in [4.78, 5) is 14.0. The molecule has 1 saturated heterocycles. The molecule has 5 unspecified atom stereocenters. The number of rotatable bonds is 8. The highest BCUT2D eigenvalue weighted by molar-refractivity contribution is 5.96. The van der Waals surface area contributed by atoms with Crippen LogP contribution in [0, 0.1) is 0 Å². The molecule has 14 heteroatoms. The van der Waals surface area contributed by atoms with Crippen LogP contribution in [0.2, 0.25) is 0 Å². The van der Waals surface area contributed by atoms with Gasteiger partial charge in [0.1, 0.15) is 29.8 Å². The zero-order chi connectivity index (χ0) is 28.6. The fourth-order valence-corrected chi connectivity index (χ4v) is 4.29. The van der Waals surface area contributed by atoms with E-state index in [0.29, 0.717) is 0 Å². The smallest absolute Gasteiger partial charge is 0.239 e. The Balaban J connectivity index is 2.05. The van der Waals surface area contributed by atoms with Crippen molar-refractivity contribution in [2.24, 2.45) is 0 Å². The molecule has 0 saturated carbocycles. The molecule has 1 aliphatic rings. The number of benzene rings is 2. The molecule has 0 radical (unpaired) electrons. The molecule has 6 N–H and O–H groups in total. The maximum Gasteiger partial charge on any atom is 0.239 e. The van der Waals surface area contributed by atoms with Crippen LogP contribution < -0.4 is 29.1 Å². The third-order valence-corrected chi connectivity index (χ3v) is 6.28. The Morgan fingerprint density at radius 3 is 2.10 bits per heavy atom. The van der Waals surface area contributed by atoms with E-state index < -0.39 is 54.2 Å². The molecule has 212 valence electrons. The summed E-state index contributed by atoms with van der Waals surface area (Å²) < 4.78 is 38.2. The largest absolute Gasteiger partial charge is 0.504 e. The van der Waals surface area contributed by atoms with Crippen molar-refractivity contribution >= 4 is 11.0 Å². The Morgan fingerprint density at radius 1 is 0.846 bits per heavy atom. The lowest BCUT2D eigenvalue weighted by molar-refractivity contribution is -0.277. The Kier molecular flexibility index (Phi) is 7.94. The van der Waals surface area contributed by atoms with E-state index in [9.17, 15) is 35.4 Å². The molecule has 0 aliphatic carbocycles. The number of methoxy groups -OCH3 is 4. The molecule has 4 rings (SSSR count). The maximum atomic E-state index is 14.0. The van der Waals surface area contributed by atoms with Gasteiger partial charge in [-0.1, -0.05) is 0 Å². The molecular formula is C25H28O14. The van der Waals surface area contributed by atoms with E-state index in [0.717, 1.165) is 0 Å². The molecular weight excluding hydrogens is 524 g/mol. The molecule has 2 aromatic carbocycles. The molecule has 0 spiro atoms. The van der Waals surface area contributed by atoms with Gasteiger partial charge in [0.05, 0.1) is 35.0 Å². The van der Waals surface area contributed by atoms with Crippen molar-refractivity contribution in [3.05, 3.63) is 28.4 Å². The number of hydrogen-bond donors (Lipinski definition) is 6. The van der Waals surface area contributed by atoms with Crippen LogP contribution in [0.5, 0.6) is 40.2 Å². The lowest BCUT2D eigenvalue weighted by Crippen LogP contribution is -2.60. The third kappa shape index (κ3) is 4.62. The number of ether oxygens (including phenoxy) is 6. The fourth-order valence-electron chi connectivity index (χ4n) is 4.29. The van der Waals surface area contributed by atoms with Crippen molar-refractivity contribution < 1.29 is 63.5 Å². The summed E-state index contributed by atoms with van der Waals surface area (Å²) in [5, 5.41) is 61.0. The summed E-state index contributed by atoms with van der Waals surface area (Å²) in [5.74, 6) is -2.32. The molecule has 14 nitrogen and oxygen atoms in total. The normalized spacial score (nSPS) is 22.9. The first kappa shape index (κ1) is 28.1. The molecule has 39 heavy (non-hydrogen) atoms. The van der Waals surface area contributed by atoms with E-state index in [4.69, 9.17) is 32.8 Å². The van der Waals surface area contributed by atoms with Crippen molar-refractivity contribution in [3.8, 4) is 51.6 Å². The van der Waals surface area contributed by atoms with Gasteiger partial charge in [0, 0.05) is 5.56 Å². The molecule has 5 atom stereocenters. The number of aliphatic hydroxyl groups excluding tert-OH is 4. The van der Waals surface area contributed by atoms with Crippen LogP contribution in [0.3, 0.4) is 0 Å². The summed E-state index contributed by atoms with van der Waals surface area (Å²) in [6.45, 7) is -0.735. The summed E-state index contributed by atoms with van der Waals surface area (Å²) in [7, 11) is 4.98. The molecule has 0 amide bonds. The summed E-state index contributed by atoms with van der Waals surface area (Å²) in [6, 6.07) is 3.96. The van der Waals surface area contributed by atoms with Gasteiger partial charge in [0.25, 0.3) is 0 Å². The van der Waals surface area contributed by atoms with E-state index in [1.54, 1.807) is 0 Å².